The molecule has 24 heavy (non-hydrogen) atoms. The summed E-state index contributed by atoms with van der Waals surface area (Å²) in [5, 5.41) is 13.4. The third kappa shape index (κ3) is 4.03. The highest BCUT2D eigenvalue weighted by Crippen LogP contribution is 2.28. The Balaban J connectivity index is 2.11. The molecule has 8 heteroatoms. The van der Waals surface area contributed by atoms with Crippen molar-refractivity contribution in [3.05, 3.63) is 63.7 Å². The first-order valence-corrected chi connectivity index (χ1v) is 6.95. The Morgan fingerprint density at radius 2 is 1.92 bits per heavy atom. The molecule has 0 spiro atoms. The Bertz CT molecular complexity index is 796. The van der Waals surface area contributed by atoms with Gasteiger partial charge in [-0.05, 0) is 37.6 Å². The maximum Gasteiger partial charge on any atom is 0.311 e. The average molecular weight is 336 g/mol. The molecule has 0 aliphatic carbocycles. The second kappa shape index (κ2) is 7.03. The van der Waals surface area contributed by atoms with Crippen LogP contribution in [0.25, 0.3) is 0 Å². The topological polar surface area (TPSA) is 81.5 Å². The van der Waals surface area contributed by atoms with E-state index in [1.165, 1.54) is 25.1 Å². The predicted octanol–water partition coefficient (Wildman–Crippen LogP) is 3.59. The molecule has 0 saturated carbocycles. The minimum Gasteiger partial charge on any atom is -0.474 e. The third-order valence-corrected chi connectivity index (χ3v) is 3.17. The quantitative estimate of drug-likeness (QED) is 0.668. The third-order valence-electron chi connectivity index (χ3n) is 3.17. The highest BCUT2D eigenvalue weighted by atomic mass is 19.2. The summed E-state index contributed by atoms with van der Waals surface area (Å²) in [5.41, 5.74) is 0.461. The number of benzene rings is 2. The molecule has 0 saturated heterocycles. The van der Waals surface area contributed by atoms with Gasteiger partial charge in [0.05, 0.1) is 4.92 Å². The molecule has 0 fully saturated rings. The Morgan fingerprint density at radius 3 is 2.54 bits per heavy atom. The van der Waals surface area contributed by atoms with Gasteiger partial charge in [0.25, 0.3) is 5.91 Å². The van der Waals surface area contributed by atoms with Gasteiger partial charge in [-0.2, -0.15) is 0 Å². The number of halogens is 2. The molecule has 2 rings (SSSR count). The van der Waals surface area contributed by atoms with Crippen molar-refractivity contribution >= 4 is 17.3 Å². The SMILES string of the molecule is Cc1ccc(O[C@H](C)C(=O)Nc2ccc(F)c(F)c2)c([N+](=O)[O-])c1. The van der Waals surface area contributed by atoms with Crippen molar-refractivity contribution in [1.29, 1.82) is 0 Å². The summed E-state index contributed by atoms with van der Waals surface area (Å²) in [4.78, 5) is 22.5. The molecule has 0 aliphatic rings. The van der Waals surface area contributed by atoms with Crippen LogP contribution in [0.4, 0.5) is 20.2 Å². The van der Waals surface area contributed by atoms with Gasteiger partial charge in [0.1, 0.15) is 0 Å². The number of carbonyl (C=O) groups is 1. The molecule has 1 amide bonds. The van der Waals surface area contributed by atoms with Crippen molar-refractivity contribution in [3.8, 4) is 5.75 Å². The Hall–Kier alpha value is -3.03. The summed E-state index contributed by atoms with van der Waals surface area (Å²) < 4.78 is 31.3. The fraction of sp³-hybridized carbons (Fsp3) is 0.188. The van der Waals surface area contributed by atoms with Crippen LogP contribution in [0.5, 0.6) is 5.75 Å². The van der Waals surface area contributed by atoms with E-state index in [1.807, 2.05) is 0 Å². The first kappa shape index (κ1) is 17.3. The van der Waals surface area contributed by atoms with Gasteiger partial charge in [-0.3, -0.25) is 14.9 Å². The summed E-state index contributed by atoms with van der Waals surface area (Å²) >= 11 is 0. The van der Waals surface area contributed by atoms with Crippen molar-refractivity contribution in [3.63, 3.8) is 0 Å². The van der Waals surface area contributed by atoms with Crippen LogP contribution in [-0.2, 0) is 4.79 Å². The maximum atomic E-state index is 13.1. The number of ether oxygens (including phenoxy) is 1. The second-order valence-electron chi connectivity index (χ2n) is 5.11. The van der Waals surface area contributed by atoms with E-state index in [-0.39, 0.29) is 17.1 Å². The van der Waals surface area contributed by atoms with Crippen molar-refractivity contribution in [2.75, 3.05) is 5.32 Å². The maximum absolute atomic E-state index is 13.1. The monoisotopic (exact) mass is 336 g/mol. The van der Waals surface area contributed by atoms with Crippen molar-refractivity contribution in [1.82, 2.24) is 0 Å². The van der Waals surface area contributed by atoms with Gasteiger partial charge >= 0.3 is 5.69 Å². The largest absolute Gasteiger partial charge is 0.474 e. The van der Waals surface area contributed by atoms with E-state index >= 15 is 0 Å². The molecule has 0 heterocycles. The van der Waals surface area contributed by atoms with Crippen LogP contribution in [0, 0.1) is 28.7 Å². The van der Waals surface area contributed by atoms with Gasteiger partial charge < -0.3 is 10.1 Å². The van der Waals surface area contributed by atoms with E-state index in [0.29, 0.717) is 5.56 Å². The highest BCUT2D eigenvalue weighted by molar-refractivity contribution is 5.94. The molecule has 2 aromatic rings. The number of nitro groups is 1. The summed E-state index contributed by atoms with van der Waals surface area (Å²) in [5.74, 6) is -2.85. The molecular weight excluding hydrogens is 322 g/mol. The Morgan fingerprint density at radius 1 is 1.21 bits per heavy atom. The highest BCUT2D eigenvalue weighted by Gasteiger charge is 2.21. The van der Waals surface area contributed by atoms with Gasteiger partial charge in [0, 0.05) is 17.8 Å². The zero-order valence-electron chi connectivity index (χ0n) is 12.9. The minimum absolute atomic E-state index is 0.0488. The molecule has 0 radical (unpaired) electrons. The number of hydrogen-bond acceptors (Lipinski definition) is 4. The molecule has 1 N–H and O–H groups in total. The molecule has 1 atom stereocenters. The summed E-state index contributed by atoms with van der Waals surface area (Å²) in [6.07, 6.45) is -1.08. The van der Waals surface area contributed by atoms with Crippen LogP contribution in [0.2, 0.25) is 0 Å². The lowest BCUT2D eigenvalue weighted by atomic mass is 10.2. The number of aryl methyl sites for hydroxylation is 1. The number of anilines is 1. The van der Waals surface area contributed by atoms with Crippen molar-refractivity contribution < 1.29 is 23.2 Å². The number of hydrogen-bond donors (Lipinski definition) is 1. The average Bonchev–Trinajstić information content (AvgIpc) is 2.52. The van der Waals surface area contributed by atoms with E-state index in [0.717, 1.165) is 12.1 Å². The first-order valence-electron chi connectivity index (χ1n) is 6.95. The number of nitro benzene ring substituents is 1. The molecule has 2 aromatic carbocycles. The van der Waals surface area contributed by atoms with Crippen LogP contribution >= 0.6 is 0 Å². The van der Waals surface area contributed by atoms with Gasteiger partial charge in [-0.1, -0.05) is 6.07 Å². The van der Waals surface area contributed by atoms with Gasteiger partial charge in [-0.15, -0.1) is 0 Å². The smallest absolute Gasteiger partial charge is 0.311 e. The molecule has 0 bridgehead atoms. The minimum atomic E-state index is -1.10. The van der Waals surface area contributed by atoms with Crippen LogP contribution < -0.4 is 10.1 Å². The molecule has 0 unspecified atom stereocenters. The number of nitrogens with zero attached hydrogens (tertiary/aromatic N) is 1. The molecule has 0 aliphatic heterocycles. The lowest BCUT2D eigenvalue weighted by molar-refractivity contribution is -0.386. The number of carbonyl (C=O) groups excluding carboxylic acids is 1. The van der Waals surface area contributed by atoms with E-state index in [2.05, 4.69) is 5.32 Å². The van der Waals surface area contributed by atoms with Crippen molar-refractivity contribution in [2.45, 2.75) is 20.0 Å². The van der Waals surface area contributed by atoms with Crippen LogP contribution in [0.3, 0.4) is 0 Å². The second-order valence-corrected chi connectivity index (χ2v) is 5.11. The summed E-state index contributed by atoms with van der Waals surface area (Å²) in [6.45, 7) is 3.08. The molecule has 6 nitrogen and oxygen atoms in total. The Labute approximate surface area is 136 Å². The Kier molecular flexibility index (Phi) is 5.08. The van der Waals surface area contributed by atoms with E-state index in [4.69, 9.17) is 4.74 Å². The normalized spacial score (nSPS) is 11.7. The number of nitrogens with one attached hydrogen (secondary N) is 1. The standard InChI is InChI=1S/C16H14F2N2O4/c1-9-3-6-15(14(7-9)20(22)23)24-10(2)16(21)19-11-4-5-12(17)13(18)8-11/h3-8,10H,1-2H3,(H,19,21)/t10-/m1/s1. The van der Waals surface area contributed by atoms with Crippen LogP contribution in [-0.4, -0.2) is 16.9 Å². The predicted molar refractivity (Wildman–Crippen MR) is 82.9 cm³/mol. The van der Waals surface area contributed by atoms with Crippen LogP contribution in [0.1, 0.15) is 12.5 Å². The van der Waals surface area contributed by atoms with Gasteiger partial charge in [-0.25, -0.2) is 8.78 Å². The zero-order chi connectivity index (χ0) is 17.9. The summed E-state index contributed by atoms with van der Waals surface area (Å²) in [7, 11) is 0. The van der Waals surface area contributed by atoms with E-state index in [1.54, 1.807) is 13.0 Å². The molecule has 0 aromatic heterocycles. The van der Waals surface area contributed by atoms with Gasteiger partial charge in [0.2, 0.25) is 0 Å². The lowest BCUT2D eigenvalue weighted by Gasteiger charge is -2.15. The molecule has 126 valence electrons. The van der Waals surface area contributed by atoms with Crippen LogP contribution in [0.15, 0.2) is 36.4 Å². The first-order chi connectivity index (χ1) is 11.3. The van der Waals surface area contributed by atoms with E-state index in [9.17, 15) is 23.7 Å². The lowest BCUT2D eigenvalue weighted by Crippen LogP contribution is -2.30. The fourth-order valence-electron chi connectivity index (χ4n) is 1.93. The summed E-state index contributed by atoms with van der Waals surface area (Å²) in [6, 6.07) is 7.24. The molecular formula is C16H14F2N2O4. The number of rotatable bonds is 5. The van der Waals surface area contributed by atoms with E-state index < -0.39 is 28.6 Å². The van der Waals surface area contributed by atoms with Crippen molar-refractivity contribution in [2.24, 2.45) is 0 Å². The fourth-order valence-corrected chi connectivity index (χ4v) is 1.93. The number of amides is 1. The van der Waals surface area contributed by atoms with Gasteiger partial charge in [0.15, 0.2) is 23.5 Å². The zero-order valence-corrected chi connectivity index (χ0v) is 12.9.